The maximum Gasteiger partial charge on any atom is 0.338 e. The first-order valence-electron chi connectivity index (χ1n) is 18.1. The molecular formula is C42H40O14. The van der Waals surface area contributed by atoms with E-state index >= 15 is 0 Å². The molecule has 3 saturated heterocycles. The Balaban J connectivity index is 1.27. The normalized spacial score (nSPS) is 29.9. The van der Waals surface area contributed by atoms with Gasteiger partial charge >= 0.3 is 23.9 Å². The van der Waals surface area contributed by atoms with Crippen molar-refractivity contribution in [2.45, 2.75) is 81.5 Å². The quantitative estimate of drug-likeness (QED) is 0.176. The first-order valence-corrected chi connectivity index (χ1v) is 18.1. The molecule has 4 aromatic carbocycles. The summed E-state index contributed by atoms with van der Waals surface area (Å²) in [5.41, 5.74) is 1.19. The van der Waals surface area contributed by atoms with Crippen molar-refractivity contribution in [1.29, 1.82) is 0 Å². The number of esters is 4. The summed E-state index contributed by atoms with van der Waals surface area (Å²) < 4.78 is 54.8. The van der Waals surface area contributed by atoms with Gasteiger partial charge in [-0.3, -0.25) is 4.79 Å². The predicted molar refractivity (Wildman–Crippen MR) is 193 cm³/mol. The first kappa shape index (κ1) is 38.8. The molecule has 3 aliphatic rings. The van der Waals surface area contributed by atoms with Gasteiger partial charge in [0.25, 0.3) is 0 Å². The zero-order valence-electron chi connectivity index (χ0n) is 30.4. The molecule has 11 atom stereocenters. The SMILES string of the molecule is CC(=O)O[C@H]1C(O)O[C@@H]2COC(c3ccccc3)O[C@H]2[C@@H]1O[C@@H]1O[C@@H](C)[C@H](OC(=O)c2ccccc2)[C@@H](OC(=O)c2ccccc2)[C@H]1OC(=O)c1ccccc1. The average Bonchev–Trinajstić information content (AvgIpc) is 3.22. The van der Waals surface area contributed by atoms with Gasteiger partial charge in [-0.1, -0.05) is 84.9 Å². The summed E-state index contributed by atoms with van der Waals surface area (Å²) in [6, 6.07) is 33.4. The van der Waals surface area contributed by atoms with Crippen molar-refractivity contribution in [3.05, 3.63) is 144 Å². The monoisotopic (exact) mass is 768 g/mol. The topological polar surface area (TPSA) is 172 Å². The first-order chi connectivity index (χ1) is 27.2. The highest BCUT2D eigenvalue weighted by Crippen LogP contribution is 2.39. The number of aliphatic hydroxyl groups is 1. The molecular weight excluding hydrogens is 728 g/mol. The third-order valence-corrected chi connectivity index (χ3v) is 9.45. The maximum absolute atomic E-state index is 13.8. The lowest BCUT2D eigenvalue weighted by atomic mass is 9.95. The van der Waals surface area contributed by atoms with E-state index in [1.165, 1.54) is 24.3 Å². The molecule has 14 nitrogen and oxygen atoms in total. The molecule has 4 aromatic rings. The van der Waals surface area contributed by atoms with E-state index in [1.54, 1.807) is 85.8 Å². The van der Waals surface area contributed by atoms with E-state index in [0.29, 0.717) is 5.56 Å². The van der Waals surface area contributed by atoms with Crippen molar-refractivity contribution in [3.63, 3.8) is 0 Å². The van der Waals surface area contributed by atoms with Crippen molar-refractivity contribution >= 4 is 23.9 Å². The highest BCUT2D eigenvalue weighted by Gasteiger charge is 2.57. The Hall–Kier alpha value is -5.48. The summed E-state index contributed by atoms with van der Waals surface area (Å²) in [6.45, 7) is 2.68. The zero-order chi connectivity index (χ0) is 39.2. The van der Waals surface area contributed by atoms with Crippen LogP contribution >= 0.6 is 0 Å². The lowest BCUT2D eigenvalue weighted by Crippen LogP contribution is -2.67. The highest BCUT2D eigenvalue weighted by molar-refractivity contribution is 5.91. The molecule has 0 saturated carbocycles. The average molecular weight is 769 g/mol. The van der Waals surface area contributed by atoms with Gasteiger partial charge in [0.2, 0.25) is 0 Å². The minimum atomic E-state index is -1.71. The molecule has 2 unspecified atom stereocenters. The van der Waals surface area contributed by atoms with Crippen LogP contribution in [0.25, 0.3) is 0 Å². The summed E-state index contributed by atoms with van der Waals surface area (Å²) in [4.78, 5) is 53.5. The number of carbonyl (C=O) groups is 4. The molecule has 0 radical (unpaired) electrons. The number of benzene rings is 4. The Morgan fingerprint density at radius 1 is 0.571 bits per heavy atom. The standard InChI is InChI=1S/C42H40O14/c1-24-31(52-37(44)26-15-7-3-8-16-26)33(53-38(45)27-17-9-4-10-18-27)36(54-39(46)28-19-11-5-12-20-28)42(49-24)56-34-32-30(51-40(47)35(34)50-25(2)43)23-48-41(55-32)29-21-13-6-14-22-29/h3-22,24,30-36,40-42,47H,23H2,1-2H3/t24-,30+,31-,32+,33+,34-,35+,36+,40?,41?,42-/m0/s1. The Labute approximate surface area is 322 Å². The number of fused-ring (bicyclic) bond motifs is 1. The summed E-state index contributed by atoms with van der Waals surface area (Å²) in [7, 11) is 0. The van der Waals surface area contributed by atoms with Crippen LogP contribution in [0.15, 0.2) is 121 Å². The molecule has 14 heteroatoms. The van der Waals surface area contributed by atoms with E-state index in [2.05, 4.69) is 0 Å². The predicted octanol–water partition coefficient (Wildman–Crippen LogP) is 4.56. The van der Waals surface area contributed by atoms with Crippen LogP contribution in [-0.2, 0) is 47.4 Å². The molecule has 0 spiro atoms. The second kappa shape index (κ2) is 17.5. The van der Waals surface area contributed by atoms with E-state index < -0.39 is 91.6 Å². The third kappa shape index (κ3) is 8.81. The van der Waals surface area contributed by atoms with E-state index in [4.69, 9.17) is 42.6 Å². The fraction of sp³-hybridized carbons (Fsp3) is 0.333. The van der Waals surface area contributed by atoms with Crippen LogP contribution in [0, 0.1) is 0 Å². The summed E-state index contributed by atoms with van der Waals surface area (Å²) in [6.07, 6.45) is -14.6. The molecule has 3 heterocycles. The van der Waals surface area contributed by atoms with Crippen molar-refractivity contribution in [3.8, 4) is 0 Å². The molecule has 0 aromatic heterocycles. The van der Waals surface area contributed by atoms with Gasteiger partial charge in [0, 0.05) is 12.5 Å². The second-order valence-electron chi connectivity index (χ2n) is 13.3. The molecule has 0 bridgehead atoms. The van der Waals surface area contributed by atoms with Gasteiger partial charge in [-0.25, -0.2) is 14.4 Å². The molecule has 0 amide bonds. The van der Waals surface area contributed by atoms with Gasteiger partial charge in [0.05, 0.1) is 29.4 Å². The molecule has 7 rings (SSSR count). The zero-order valence-corrected chi connectivity index (χ0v) is 30.4. The Bertz CT molecular complexity index is 1950. The van der Waals surface area contributed by atoms with E-state index in [-0.39, 0.29) is 23.3 Å². The van der Waals surface area contributed by atoms with Crippen LogP contribution < -0.4 is 0 Å². The van der Waals surface area contributed by atoms with Crippen molar-refractivity contribution in [1.82, 2.24) is 0 Å². The molecule has 292 valence electrons. The largest absolute Gasteiger partial charge is 0.454 e. The summed E-state index contributed by atoms with van der Waals surface area (Å²) in [5.74, 6) is -3.18. The lowest BCUT2D eigenvalue weighted by Gasteiger charge is -2.50. The van der Waals surface area contributed by atoms with Crippen LogP contribution in [0.1, 0.15) is 56.8 Å². The fourth-order valence-corrected chi connectivity index (χ4v) is 6.77. The minimum absolute atomic E-state index is 0.0445. The Kier molecular flexibility index (Phi) is 12.1. The Morgan fingerprint density at radius 2 is 1.05 bits per heavy atom. The van der Waals surface area contributed by atoms with Crippen LogP contribution in [0.4, 0.5) is 0 Å². The number of hydrogen-bond acceptors (Lipinski definition) is 14. The lowest BCUT2D eigenvalue weighted by molar-refractivity contribution is -0.386. The van der Waals surface area contributed by atoms with Crippen molar-refractivity contribution in [2.75, 3.05) is 6.61 Å². The Morgan fingerprint density at radius 3 is 1.57 bits per heavy atom. The van der Waals surface area contributed by atoms with Crippen LogP contribution in [0.3, 0.4) is 0 Å². The minimum Gasteiger partial charge on any atom is -0.454 e. The summed E-state index contributed by atoms with van der Waals surface area (Å²) >= 11 is 0. The van der Waals surface area contributed by atoms with Gasteiger partial charge in [-0.05, 0) is 43.3 Å². The number of aliphatic hydroxyl groups excluding tert-OH is 1. The number of carbonyl (C=O) groups excluding carboxylic acids is 4. The van der Waals surface area contributed by atoms with E-state index in [0.717, 1.165) is 6.92 Å². The highest BCUT2D eigenvalue weighted by atomic mass is 16.8. The smallest absolute Gasteiger partial charge is 0.338 e. The van der Waals surface area contributed by atoms with Crippen LogP contribution in [-0.4, -0.2) is 97.0 Å². The van der Waals surface area contributed by atoms with Crippen molar-refractivity contribution < 1.29 is 66.9 Å². The second-order valence-corrected chi connectivity index (χ2v) is 13.3. The molecule has 56 heavy (non-hydrogen) atoms. The van der Waals surface area contributed by atoms with Gasteiger partial charge < -0.3 is 47.7 Å². The molecule has 1 N–H and O–H groups in total. The molecule has 3 fully saturated rings. The van der Waals surface area contributed by atoms with Crippen molar-refractivity contribution in [2.24, 2.45) is 0 Å². The van der Waals surface area contributed by atoms with E-state index in [9.17, 15) is 24.3 Å². The number of rotatable bonds is 10. The fourth-order valence-electron chi connectivity index (χ4n) is 6.77. The van der Waals surface area contributed by atoms with Crippen LogP contribution in [0.5, 0.6) is 0 Å². The van der Waals surface area contributed by atoms with Crippen LogP contribution in [0.2, 0.25) is 0 Å². The number of hydrogen-bond donors (Lipinski definition) is 1. The number of ether oxygens (including phenoxy) is 9. The molecule has 3 aliphatic heterocycles. The summed E-state index contributed by atoms with van der Waals surface area (Å²) in [5, 5.41) is 11.2. The van der Waals surface area contributed by atoms with Gasteiger partial charge in [-0.15, -0.1) is 0 Å². The third-order valence-electron chi connectivity index (χ3n) is 9.45. The van der Waals surface area contributed by atoms with E-state index in [1.807, 2.05) is 18.2 Å². The van der Waals surface area contributed by atoms with Gasteiger partial charge in [-0.2, -0.15) is 0 Å². The van der Waals surface area contributed by atoms with Gasteiger partial charge in [0.1, 0.15) is 18.3 Å². The molecule has 0 aliphatic carbocycles. The van der Waals surface area contributed by atoms with Gasteiger partial charge in [0.15, 0.2) is 43.3 Å². The maximum atomic E-state index is 13.8.